The SMILES string of the molecule is COc1ccc(/C(O)=C2\C(=O)C(=O)N(c3cccc(F)c3)C2c2cccc(O)c2)cc1OC. The molecule has 0 bridgehead atoms. The largest absolute Gasteiger partial charge is 0.508 e. The number of amides is 1. The molecule has 4 rings (SSSR count). The van der Waals surface area contributed by atoms with E-state index in [9.17, 15) is 24.2 Å². The Morgan fingerprint density at radius 2 is 1.67 bits per heavy atom. The van der Waals surface area contributed by atoms with E-state index in [1.165, 1.54) is 56.7 Å². The molecule has 33 heavy (non-hydrogen) atoms. The quantitative estimate of drug-likeness (QED) is 0.345. The number of halogens is 1. The zero-order valence-corrected chi connectivity index (χ0v) is 17.8. The first-order valence-corrected chi connectivity index (χ1v) is 9.93. The van der Waals surface area contributed by atoms with Crippen molar-refractivity contribution >= 4 is 23.1 Å². The van der Waals surface area contributed by atoms with Gasteiger partial charge in [0.1, 0.15) is 17.3 Å². The summed E-state index contributed by atoms with van der Waals surface area (Å²) in [4.78, 5) is 27.3. The van der Waals surface area contributed by atoms with E-state index in [0.29, 0.717) is 17.1 Å². The second kappa shape index (κ2) is 8.66. The Balaban J connectivity index is 1.95. The number of ether oxygens (including phenoxy) is 2. The van der Waals surface area contributed by atoms with Gasteiger partial charge in [-0.2, -0.15) is 0 Å². The molecule has 0 spiro atoms. The Hall–Kier alpha value is -4.33. The number of nitrogens with zero attached hydrogens (tertiary/aromatic N) is 1. The number of hydrogen-bond donors (Lipinski definition) is 2. The number of carbonyl (C=O) groups excluding carboxylic acids is 2. The van der Waals surface area contributed by atoms with Crippen LogP contribution in [0.15, 0.2) is 72.3 Å². The molecule has 3 aromatic carbocycles. The third-order valence-electron chi connectivity index (χ3n) is 5.37. The van der Waals surface area contributed by atoms with Crippen LogP contribution >= 0.6 is 0 Å². The second-order valence-electron chi connectivity index (χ2n) is 7.31. The van der Waals surface area contributed by atoms with E-state index in [0.717, 1.165) is 11.0 Å². The molecule has 0 saturated carbocycles. The number of benzene rings is 3. The first-order chi connectivity index (χ1) is 15.8. The van der Waals surface area contributed by atoms with Crippen LogP contribution < -0.4 is 14.4 Å². The number of aromatic hydroxyl groups is 1. The molecule has 168 valence electrons. The molecule has 1 aliphatic rings. The summed E-state index contributed by atoms with van der Waals surface area (Å²) in [5, 5.41) is 21.2. The molecule has 0 aliphatic carbocycles. The van der Waals surface area contributed by atoms with Gasteiger partial charge in [-0.15, -0.1) is 0 Å². The summed E-state index contributed by atoms with van der Waals surface area (Å²) in [6.45, 7) is 0. The van der Waals surface area contributed by atoms with Crippen molar-refractivity contribution < 1.29 is 33.7 Å². The number of rotatable bonds is 5. The summed E-state index contributed by atoms with van der Waals surface area (Å²) in [5.74, 6) is -2.28. The lowest BCUT2D eigenvalue weighted by atomic mass is 9.95. The van der Waals surface area contributed by atoms with Crippen LogP contribution in [0.3, 0.4) is 0 Å². The van der Waals surface area contributed by atoms with Gasteiger partial charge in [0, 0.05) is 11.3 Å². The van der Waals surface area contributed by atoms with Crippen molar-refractivity contribution in [2.75, 3.05) is 19.1 Å². The fourth-order valence-corrected chi connectivity index (χ4v) is 3.87. The molecule has 7 nitrogen and oxygen atoms in total. The van der Waals surface area contributed by atoms with E-state index in [4.69, 9.17) is 9.47 Å². The number of phenols is 1. The molecule has 1 saturated heterocycles. The van der Waals surface area contributed by atoms with Gasteiger partial charge >= 0.3 is 0 Å². The van der Waals surface area contributed by atoms with Crippen LogP contribution in [0.2, 0.25) is 0 Å². The number of phenolic OH excluding ortho intramolecular Hbond substituents is 1. The minimum absolute atomic E-state index is 0.0940. The van der Waals surface area contributed by atoms with Crippen LogP contribution in [-0.4, -0.2) is 36.1 Å². The Kier molecular flexibility index (Phi) is 5.74. The van der Waals surface area contributed by atoms with Crippen LogP contribution in [0.5, 0.6) is 17.2 Å². The molecule has 8 heteroatoms. The molecule has 1 unspecified atom stereocenters. The molecular formula is C25H20FNO6. The van der Waals surface area contributed by atoms with E-state index < -0.39 is 29.3 Å². The lowest BCUT2D eigenvalue weighted by Crippen LogP contribution is -2.29. The summed E-state index contributed by atoms with van der Waals surface area (Å²) < 4.78 is 24.4. The molecule has 1 aliphatic heterocycles. The number of Topliss-reactive ketones (excluding diaryl/α,β-unsaturated/α-hetero) is 1. The van der Waals surface area contributed by atoms with E-state index in [2.05, 4.69) is 0 Å². The molecule has 0 aromatic heterocycles. The van der Waals surface area contributed by atoms with Crippen LogP contribution in [0.25, 0.3) is 5.76 Å². The number of aliphatic hydroxyl groups is 1. The smallest absolute Gasteiger partial charge is 0.300 e. The van der Waals surface area contributed by atoms with Gasteiger partial charge in [-0.25, -0.2) is 4.39 Å². The summed E-state index contributed by atoms with van der Waals surface area (Å²) in [6, 6.07) is 14.7. The minimum atomic E-state index is -1.10. The third-order valence-corrected chi connectivity index (χ3v) is 5.37. The topological polar surface area (TPSA) is 96.3 Å². The summed E-state index contributed by atoms with van der Waals surface area (Å²) in [7, 11) is 2.89. The highest BCUT2D eigenvalue weighted by Gasteiger charge is 2.47. The molecule has 3 aromatic rings. The molecule has 1 heterocycles. The maximum atomic E-state index is 14.0. The lowest BCUT2D eigenvalue weighted by molar-refractivity contribution is -0.132. The number of aliphatic hydroxyl groups excluding tert-OH is 1. The maximum Gasteiger partial charge on any atom is 0.300 e. The average Bonchev–Trinajstić information content (AvgIpc) is 3.08. The Morgan fingerprint density at radius 1 is 0.939 bits per heavy atom. The number of methoxy groups -OCH3 is 2. The van der Waals surface area contributed by atoms with Crippen molar-refractivity contribution in [3.63, 3.8) is 0 Å². The Labute approximate surface area is 188 Å². The van der Waals surface area contributed by atoms with Crippen molar-refractivity contribution in [3.05, 3.63) is 89.2 Å². The Morgan fingerprint density at radius 3 is 2.33 bits per heavy atom. The van der Waals surface area contributed by atoms with Crippen molar-refractivity contribution in [3.8, 4) is 17.2 Å². The van der Waals surface area contributed by atoms with Gasteiger partial charge in [0.25, 0.3) is 11.7 Å². The summed E-state index contributed by atoms with van der Waals surface area (Å²) >= 11 is 0. The monoisotopic (exact) mass is 449 g/mol. The highest BCUT2D eigenvalue weighted by molar-refractivity contribution is 6.51. The van der Waals surface area contributed by atoms with Crippen molar-refractivity contribution in [1.82, 2.24) is 0 Å². The Bertz CT molecular complexity index is 1290. The molecule has 1 amide bonds. The van der Waals surface area contributed by atoms with E-state index in [1.54, 1.807) is 18.2 Å². The molecule has 2 N–H and O–H groups in total. The molecule has 1 fully saturated rings. The number of carbonyl (C=O) groups is 2. The average molecular weight is 449 g/mol. The molecular weight excluding hydrogens is 429 g/mol. The molecule has 0 radical (unpaired) electrons. The van der Waals surface area contributed by atoms with Crippen molar-refractivity contribution in [1.29, 1.82) is 0 Å². The standard InChI is InChI=1S/C25H20FNO6/c1-32-19-10-9-15(12-20(19)33-2)23(29)21-22(14-5-3-8-18(28)11-14)27(25(31)24(21)30)17-7-4-6-16(26)13-17/h3-13,22,28-29H,1-2H3/b23-21+. The normalized spacial score (nSPS) is 17.3. The number of ketones is 1. The van der Waals surface area contributed by atoms with Crippen LogP contribution in [0, 0.1) is 5.82 Å². The minimum Gasteiger partial charge on any atom is -0.508 e. The maximum absolute atomic E-state index is 14.0. The fraction of sp³-hybridized carbons (Fsp3) is 0.120. The third kappa shape index (κ3) is 3.87. The number of anilines is 1. The second-order valence-corrected chi connectivity index (χ2v) is 7.31. The van der Waals surface area contributed by atoms with Gasteiger partial charge in [0.15, 0.2) is 11.5 Å². The van der Waals surface area contributed by atoms with E-state index in [-0.39, 0.29) is 22.6 Å². The van der Waals surface area contributed by atoms with Gasteiger partial charge in [-0.1, -0.05) is 18.2 Å². The summed E-state index contributed by atoms with van der Waals surface area (Å²) in [6.07, 6.45) is 0. The van der Waals surface area contributed by atoms with Gasteiger partial charge in [-0.3, -0.25) is 14.5 Å². The number of hydrogen-bond acceptors (Lipinski definition) is 6. The predicted octanol–water partition coefficient (Wildman–Crippen LogP) is 4.17. The van der Waals surface area contributed by atoms with Crippen molar-refractivity contribution in [2.24, 2.45) is 0 Å². The highest BCUT2D eigenvalue weighted by Crippen LogP contribution is 2.43. The van der Waals surface area contributed by atoms with Crippen LogP contribution in [-0.2, 0) is 9.59 Å². The van der Waals surface area contributed by atoms with Crippen LogP contribution in [0.1, 0.15) is 17.2 Å². The first-order valence-electron chi connectivity index (χ1n) is 9.93. The predicted molar refractivity (Wildman–Crippen MR) is 119 cm³/mol. The van der Waals surface area contributed by atoms with Gasteiger partial charge in [0.2, 0.25) is 0 Å². The van der Waals surface area contributed by atoms with E-state index in [1.807, 2.05) is 0 Å². The van der Waals surface area contributed by atoms with E-state index >= 15 is 0 Å². The molecule has 1 atom stereocenters. The van der Waals surface area contributed by atoms with Gasteiger partial charge in [0.05, 0.1) is 25.8 Å². The van der Waals surface area contributed by atoms with Gasteiger partial charge in [-0.05, 0) is 54.1 Å². The summed E-state index contributed by atoms with van der Waals surface area (Å²) in [5.41, 5.74) is 0.509. The fourth-order valence-electron chi connectivity index (χ4n) is 3.87. The highest BCUT2D eigenvalue weighted by atomic mass is 19.1. The van der Waals surface area contributed by atoms with Crippen molar-refractivity contribution in [2.45, 2.75) is 6.04 Å². The van der Waals surface area contributed by atoms with Gasteiger partial charge < -0.3 is 19.7 Å². The first kappa shape index (κ1) is 21.9. The van der Waals surface area contributed by atoms with Crippen LogP contribution in [0.4, 0.5) is 10.1 Å². The zero-order chi connectivity index (χ0) is 23.7. The zero-order valence-electron chi connectivity index (χ0n) is 17.8. The lowest BCUT2D eigenvalue weighted by Gasteiger charge is -2.25.